The van der Waals surface area contributed by atoms with Crippen LogP contribution in [-0.2, 0) is 55.2 Å². The molecule has 0 N–H and O–H groups in total. The molecule has 0 amide bonds. The fraction of sp³-hybridized carbons (Fsp3) is 0.250. The normalized spacial score (nSPS) is 14.7. The third-order valence-electron chi connectivity index (χ3n) is 3.80. The third kappa shape index (κ3) is 8.91. The summed E-state index contributed by atoms with van der Waals surface area (Å²) >= 11 is 0. The van der Waals surface area contributed by atoms with Crippen molar-refractivity contribution >= 4 is 21.6 Å². The van der Waals surface area contributed by atoms with Crippen molar-refractivity contribution in [1.82, 2.24) is 0 Å². The SMILES string of the molecule is COC(=O)C(C(C)=O)C1C=CC=C(S(=O)(=O)c2ccccc2)C1.[C-]#[O+].[C-]#[O+].[C-]#[O+].[Fe]. The van der Waals surface area contributed by atoms with Crippen LogP contribution in [0.2, 0.25) is 0 Å². The van der Waals surface area contributed by atoms with Gasteiger partial charge in [0.1, 0.15) is 11.7 Å². The Bertz CT molecular complexity index is 881. The second-order valence-electron chi connectivity index (χ2n) is 5.31. The van der Waals surface area contributed by atoms with Crippen LogP contribution in [0.4, 0.5) is 0 Å². The van der Waals surface area contributed by atoms with E-state index >= 15 is 0 Å². The fourth-order valence-electron chi connectivity index (χ4n) is 2.62. The predicted molar refractivity (Wildman–Crippen MR) is 96.9 cm³/mol. The number of sulfone groups is 1. The molecule has 0 saturated carbocycles. The van der Waals surface area contributed by atoms with Crippen molar-refractivity contribution in [2.24, 2.45) is 11.8 Å². The molecule has 1 aliphatic rings. The summed E-state index contributed by atoms with van der Waals surface area (Å²) in [6, 6.07) is 8.07. The first-order valence-corrected chi connectivity index (χ1v) is 9.23. The minimum atomic E-state index is -3.64. The van der Waals surface area contributed by atoms with Crippen LogP contribution in [0, 0.1) is 31.8 Å². The second-order valence-corrected chi connectivity index (χ2v) is 7.32. The van der Waals surface area contributed by atoms with Gasteiger partial charge < -0.3 is 4.74 Å². The Morgan fingerprint density at radius 1 is 1.07 bits per heavy atom. The molecule has 0 aromatic heterocycles. The first-order valence-electron chi connectivity index (χ1n) is 7.75. The first-order chi connectivity index (χ1) is 13.9. The van der Waals surface area contributed by atoms with Crippen LogP contribution in [0.1, 0.15) is 13.3 Å². The molecule has 10 heteroatoms. The van der Waals surface area contributed by atoms with Gasteiger partial charge in [0, 0.05) is 27.9 Å². The van der Waals surface area contributed by atoms with E-state index in [-0.39, 0.29) is 39.1 Å². The van der Waals surface area contributed by atoms with Crippen LogP contribution >= 0.6 is 0 Å². The summed E-state index contributed by atoms with van der Waals surface area (Å²) in [5.74, 6) is -2.51. The molecular formula is C20H18FeO8S. The van der Waals surface area contributed by atoms with E-state index in [2.05, 4.69) is 24.7 Å². The van der Waals surface area contributed by atoms with E-state index in [4.69, 9.17) is 14.0 Å². The molecule has 0 aliphatic heterocycles. The number of carbonyl (C=O) groups is 2. The molecular weight excluding hydrogens is 456 g/mol. The fourth-order valence-corrected chi connectivity index (χ4v) is 4.11. The largest absolute Gasteiger partial charge is 0 e. The van der Waals surface area contributed by atoms with E-state index in [9.17, 15) is 18.0 Å². The summed E-state index contributed by atoms with van der Waals surface area (Å²) in [6.45, 7) is 14.8. The molecule has 8 nitrogen and oxygen atoms in total. The summed E-state index contributed by atoms with van der Waals surface area (Å²) < 4.78 is 52.5. The smallest absolute Gasteiger partial charge is 0 e. The summed E-state index contributed by atoms with van der Waals surface area (Å²) in [5, 5.41) is 0. The van der Waals surface area contributed by atoms with Crippen molar-refractivity contribution in [2.45, 2.75) is 18.2 Å². The summed E-state index contributed by atoms with van der Waals surface area (Å²) in [7, 11) is -2.43. The monoisotopic (exact) mass is 474 g/mol. The van der Waals surface area contributed by atoms with Crippen molar-refractivity contribution in [2.75, 3.05) is 7.11 Å². The average molecular weight is 474 g/mol. The van der Waals surface area contributed by atoms with Gasteiger partial charge >= 0.3 is 39.9 Å². The van der Waals surface area contributed by atoms with Crippen molar-refractivity contribution in [3.05, 3.63) is 73.4 Å². The predicted octanol–water partition coefficient (Wildman–Crippen LogP) is 2.18. The molecule has 0 fully saturated rings. The van der Waals surface area contributed by atoms with E-state index in [0.717, 1.165) is 0 Å². The number of esters is 1. The maximum absolute atomic E-state index is 12.7. The van der Waals surface area contributed by atoms with E-state index in [1.54, 1.807) is 30.4 Å². The number of carbonyl (C=O) groups excluding carboxylic acids is 2. The Morgan fingerprint density at radius 3 is 2.00 bits per heavy atom. The Morgan fingerprint density at radius 2 is 1.57 bits per heavy atom. The minimum absolute atomic E-state index is 0. The van der Waals surface area contributed by atoms with Crippen molar-refractivity contribution in [3.63, 3.8) is 0 Å². The Kier molecular flexibility index (Phi) is 18.7. The van der Waals surface area contributed by atoms with Gasteiger partial charge in [-0.25, -0.2) is 8.42 Å². The molecule has 2 atom stereocenters. The van der Waals surface area contributed by atoms with Gasteiger partial charge in [-0.3, -0.25) is 9.59 Å². The molecule has 0 spiro atoms. The minimum Gasteiger partial charge on any atom is 0 e. The molecule has 2 unspecified atom stereocenters. The number of ketones is 1. The molecule has 0 heterocycles. The van der Waals surface area contributed by atoms with Gasteiger partial charge in [-0.2, -0.15) is 0 Å². The summed E-state index contributed by atoms with van der Waals surface area (Å²) in [6.07, 6.45) is 4.84. The van der Waals surface area contributed by atoms with E-state index in [0.29, 0.717) is 0 Å². The van der Waals surface area contributed by atoms with Crippen LogP contribution in [0.25, 0.3) is 0 Å². The number of rotatable bonds is 5. The van der Waals surface area contributed by atoms with Crippen LogP contribution in [0.5, 0.6) is 0 Å². The van der Waals surface area contributed by atoms with Gasteiger partial charge in [-0.1, -0.05) is 30.4 Å². The van der Waals surface area contributed by atoms with Crippen LogP contribution in [0.3, 0.4) is 0 Å². The second kappa shape index (κ2) is 17.4. The number of ether oxygens (including phenoxy) is 1. The van der Waals surface area contributed by atoms with Crippen LogP contribution < -0.4 is 0 Å². The molecule has 1 aliphatic carbocycles. The van der Waals surface area contributed by atoms with Gasteiger partial charge in [0.05, 0.1) is 12.0 Å². The van der Waals surface area contributed by atoms with Crippen molar-refractivity contribution < 1.29 is 53.8 Å². The maximum atomic E-state index is 12.7. The van der Waals surface area contributed by atoms with Crippen LogP contribution in [0.15, 0.2) is 58.4 Å². The quantitative estimate of drug-likeness (QED) is 0.212. The molecule has 0 saturated heterocycles. The number of hydrogen-bond donors (Lipinski definition) is 0. The van der Waals surface area contributed by atoms with E-state index < -0.39 is 27.6 Å². The van der Waals surface area contributed by atoms with Gasteiger partial charge in [0.2, 0.25) is 9.84 Å². The Balaban J connectivity index is -0.000000955. The molecule has 0 radical (unpaired) electrons. The first kappa shape index (κ1) is 32.2. The zero-order valence-corrected chi connectivity index (χ0v) is 17.9. The van der Waals surface area contributed by atoms with Crippen molar-refractivity contribution in [1.29, 1.82) is 0 Å². The number of benzene rings is 1. The molecule has 160 valence electrons. The number of Topliss-reactive ketones (excluding diaryl/α,β-unsaturated/α-hetero) is 1. The van der Waals surface area contributed by atoms with Gasteiger partial charge in [-0.05, 0) is 31.6 Å². The van der Waals surface area contributed by atoms with E-state index in [1.165, 1.54) is 32.2 Å². The topological polar surface area (TPSA) is 137 Å². The van der Waals surface area contributed by atoms with E-state index in [1.807, 2.05) is 0 Å². The molecule has 1 aromatic carbocycles. The zero-order chi connectivity index (χ0) is 23.0. The van der Waals surface area contributed by atoms with Gasteiger partial charge in [-0.15, -0.1) is 0 Å². The molecule has 1 aromatic rings. The third-order valence-corrected chi connectivity index (χ3v) is 5.68. The van der Waals surface area contributed by atoms with Gasteiger partial charge in [0.25, 0.3) is 0 Å². The number of methoxy groups -OCH3 is 1. The molecule has 0 bridgehead atoms. The molecule has 30 heavy (non-hydrogen) atoms. The van der Waals surface area contributed by atoms with Crippen LogP contribution in [-0.4, -0.2) is 27.3 Å². The van der Waals surface area contributed by atoms with Crippen molar-refractivity contribution in [3.8, 4) is 0 Å². The van der Waals surface area contributed by atoms with Gasteiger partial charge in [0.15, 0.2) is 0 Å². The number of hydrogen-bond acceptors (Lipinski definition) is 5. The summed E-state index contributed by atoms with van der Waals surface area (Å²) in [5.41, 5.74) is 0. The summed E-state index contributed by atoms with van der Waals surface area (Å²) in [4.78, 5) is 24.0. The zero-order valence-electron chi connectivity index (χ0n) is 16.0. The molecule has 2 rings (SSSR count). The average Bonchev–Trinajstić information content (AvgIpc) is 2.78. The Hall–Kier alpha value is -2.47. The maximum Gasteiger partial charge on any atom is 0 e. The standard InChI is InChI=1S/C17H18O5S.3CO.Fe/c1-12(18)16(17(19)22-2)13-7-6-10-15(11-13)23(20,21)14-8-4-3-5-9-14;3*1-2;/h3-10,13,16H,11H2,1-2H3;;;;. The Labute approximate surface area is 185 Å². The number of allylic oxidation sites excluding steroid dienone is 4.